The number of rotatable bonds is 9. The van der Waals surface area contributed by atoms with Crippen LogP contribution in [0.25, 0.3) is 0 Å². The van der Waals surface area contributed by atoms with Crippen molar-refractivity contribution in [3.05, 3.63) is 42.9 Å². The summed E-state index contributed by atoms with van der Waals surface area (Å²) < 4.78 is 2.30. The number of nitrogens with one attached hydrogen (secondary N) is 2. The van der Waals surface area contributed by atoms with Crippen LogP contribution in [0.15, 0.2) is 42.2 Å². The molecule has 0 aromatic carbocycles. The standard InChI is InChI=1S/C16H26N4/c1-6-8-15(9-7-2)20-11-10-16(14(20)4)18-12-13(3)19-17-5/h6,10-12,15,17,19H,1,3,7-9H2,2,4-5H3. The quantitative estimate of drug-likeness (QED) is 0.410. The normalized spacial score (nSPS) is 12.6. The number of aliphatic imine (C=N–C) groups is 1. The first-order chi connectivity index (χ1) is 9.63. The van der Waals surface area contributed by atoms with E-state index in [2.05, 4.69) is 53.6 Å². The zero-order valence-electron chi connectivity index (χ0n) is 12.8. The van der Waals surface area contributed by atoms with Crippen LogP contribution in [0, 0.1) is 6.92 Å². The fraction of sp³-hybridized carbons (Fsp3) is 0.438. The van der Waals surface area contributed by atoms with Gasteiger partial charge in [-0.25, -0.2) is 5.43 Å². The van der Waals surface area contributed by atoms with E-state index in [1.54, 1.807) is 13.3 Å². The Kier molecular flexibility index (Phi) is 6.81. The monoisotopic (exact) mass is 274 g/mol. The third kappa shape index (κ3) is 4.38. The molecule has 0 amide bonds. The van der Waals surface area contributed by atoms with E-state index >= 15 is 0 Å². The van der Waals surface area contributed by atoms with Gasteiger partial charge in [-0.05, 0) is 25.8 Å². The number of allylic oxidation sites excluding steroid dienone is 2. The molecule has 1 unspecified atom stereocenters. The van der Waals surface area contributed by atoms with Gasteiger partial charge >= 0.3 is 0 Å². The second-order valence-corrected chi connectivity index (χ2v) is 4.82. The molecular weight excluding hydrogens is 248 g/mol. The number of hydrazine groups is 1. The van der Waals surface area contributed by atoms with E-state index in [0.717, 1.165) is 30.6 Å². The van der Waals surface area contributed by atoms with Gasteiger partial charge in [-0.3, -0.25) is 4.99 Å². The molecule has 0 bridgehead atoms. The molecule has 1 atom stereocenters. The fourth-order valence-electron chi connectivity index (χ4n) is 2.28. The Morgan fingerprint density at radius 3 is 2.90 bits per heavy atom. The number of hydrogen-bond acceptors (Lipinski definition) is 3. The zero-order valence-corrected chi connectivity index (χ0v) is 12.8. The van der Waals surface area contributed by atoms with Crippen molar-refractivity contribution in [3.8, 4) is 0 Å². The van der Waals surface area contributed by atoms with Gasteiger partial charge in [0.1, 0.15) is 0 Å². The van der Waals surface area contributed by atoms with E-state index in [1.807, 2.05) is 12.1 Å². The molecule has 2 N–H and O–H groups in total. The summed E-state index contributed by atoms with van der Waals surface area (Å²) in [6.07, 6.45) is 9.13. The van der Waals surface area contributed by atoms with E-state index in [4.69, 9.17) is 0 Å². The number of hydrogen-bond donors (Lipinski definition) is 2. The van der Waals surface area contributed by atoms with Crippen LogP contribution < -0.4 is 10.9 Å². The first-order valence-corrected chi connectivity index (χ1v) is 7.08. The highest BCUT2D eigenvalue weighted by Gasteiger charge is 2.12. The molecule has 0 saturated carbocycles. The lowest BCUT2D eigenvalue weighted by molar-refractivity contribution is 0.460. The first kappa shape index (κ1) is 16.2. The van der Waals surface area contributed by atoms with Gasteiger partial charge in [-0.2, -0.15) is 0 Å². The molecule has 1 heterocycles. The number of aromatic nitrogens is 1. The van der Waals surface area contributed by atoms with Crippen LogP contribution in [-0.4, -0.2) is 17.8 Å². The minimum atomic E-state index is 0.472. The highest BCUT2D eigenvalue weighted by atomic mass is 15.3. The minimum Gasteiger partial charge on any atom is -0.346 e. The van der Waals surface area contributed by atoms with E-state index in [9.17, 15) is 0 Å². The van der Waals surface area contributed by atoms with Crippen molar-refractivity contribution in [2.75, 3.05) is 7.05 Å². The summed E-state index contributed by atoms with van der Waals surface area (Å²) in [5, 5.41) is 0. The lowest BCUT2D eigenvalue weighted by Gasteiger charge is -2.18. The van der Waals surface area contributed by atoms with Crippen LogP contribution in [-0.2, 0) is 0 Å². The second-order valence-electron chi connectivity index (χ2n) is 4.82. The van der Waals surface area contributed by atoms with E-state index in [1.165, 1.54) is 5.69 Å². The highest BCUT2D eigenvalue weighted by molar-refractivity contribution is 5.79. The van der Waals surface area contributed by atoms with Crippen molar-refractivity contribution in [1.82, 2.24) is 15.4 Å². The van der Waals surface area contributed by atoms with Crippen molar-refractivity contribution in [2.45, 2.75) is 39.2 Å². The maximum absolute atomic E-state index is 4.47. The Morgan fingerprint density at radius 2 is 2.30 bits per heavy atom. The summed E-state index contributed by atoms with van der Waals surface area (Å²) in [7, 11) is 1.80. The third-order valence-electron chi connectivity index (χ3n) is 3.25. The van der Waals surface area contributed by atoms with E-state index in [0.29, 0.717) is 6.04 Å². The molecule has 0 aliphatic rings. The van der Waals surface area contributed by atoms with Gasteiger partial charge in [0.2, 0.25) is 0 Å². The van der Waals surface area contributed by atoms with Crippen LogP contribution in [0.4, 0.5) is 5.69 Å². The molecule has 0 aliphatic carbocycles. The first-order valence-electron chi connectivity index (χ1n) is 7.08. The number of nitrogens with zero attached hydrogens (tertiary/aromatic N) is 2. The average molecular weight is 274 g/mol. The van der Waals surface area contributed by atoms with Gasteiger partial charge in [0, 0.05) is 25.0 Å². The largest absolute Gasteiger partial charge is 0.346 e. The molecular formula is C16H26N4. The third-order valence-corrected chi connectivity index (χ3v) is 3.25. The molecule has 0 fully saturated rings. The molecule has 1 rings (SSSR count). The summed E-state index contributed by atoms with van der Waals surface area (Å²) in [6, 6.07) is 2.52. The Labute approximate surface area is 122 Å². The Morgan fingerprint density at radius 1 is 1.55 bits per heavy atom. The molecule has 1 aromatic heterocycles. The molecule has 0 radical (unpaired) electrons. The van der Waals surface area contributed by atoms with Gasteiger partial charge in [-0.15, -0.1) is 6.58 Å². The van der Waals surface area contributed by atoms with Gasteiger partial charge < -0.3 is 9.99 Å². The predicted octanol–water partition coefficient (Wildman–Crippen LogP) is 3.65. The zero-order chi connectivity index (χ0) is 15.0. The lowest BCUT2D eigenvalue weighted by Crippen LogP contribution is -2.26. The molecule has 20 heavy (non-hydrogen) atoms. The van der Waals surface area contributed by atoms with Crippen LogP contribution in [0.1, 0.15) is 37.9 Å². The summed E-state index contributed by atoms with van der Waals surface area (Å²) >= 11 is 0. The van der Waals surface area contributed by atoms with Gasteiger partial charge in [0.05, 0.1) is 17.6 Å². The molecule has 1 aromatic rings. The SMILES string of the molecule is C=CCC(CCC)n1ccc(N=CC(=C)NNC)c1C. The topological polar surface area (TPSA) is 41.4 Å². The molecule has 110 valence electrons. The van der Waals surface area contributed by atoms with Crippen molar-refractivity contribution in [2.24, 2.45) is 4.99 Å². The van der Waals surface area contributed by atoms with Crippen molar-refractivity contribution in [1.29, 1.82) is 0 Å². The average Bonchev–Trinajstić information content (AvgIpc) is 2.78. The Hall–Kier alpha value is -1.81. The minimum absolute atomic E-state index is 0.472. The molecule has 0 saturated heterocycles. The van der Waals surface area contributed by atoms with Crippen LogP contribution >= 0.6 is 0 Å². The van der Waals surface area contributed by atoms with Gasteiger partial charge in [-0.1, -0.05) is 26.0 Å². The predicted molar refractivity (Wildman–Crippen MR) is 87.4 cm³/mol. The highest BCUT2D eigenvalue weighted by Crippen LogP contribution is 2.27. The molecule has 0 spiro atoms. The molecule has 4 heteroatoms. The second kappa shape index (κ2) is 8.38. The lowest BCUT2D eigenvalue weighted by atomic mass is 10.1. The van der Waals surface area contributed by atoms with Crippen molar-refractivity contribution < 1.29 is 0 Å². The smallest absolute Gasteiger partial charge is 0.0836 e. The van der Waals surface area contributed by atoms with Crippen molar-refractivity contribution in [3.63, 3.8) is 0 Å². The van der Waals surface area contributed by atoms with Crippen LogP contribution in [0.3, 0.4) is 0 Å². The summed E-state index contributed by atoms with van der Waals surface area (Å²) in [5.41, 5.74) is 8.60. The maximum atomic E-state index is 4.47. The maximum Gasteiger partial charge on any atom is 0.0836 e. The van der Waals surface area contributed by atoms with E-state index < -0.39 is 0 Å². The van der Waals surface area contributed by atoms with E-state index in [-0.39, 0.29) is 0 Å². The Bertz CT molecular complexity index is 471. The Balaban J connectivity index is 2.87. The molecule has 4 nitrogen and oxygen atoms in total. The van der Waals surface area contributed by atoms with Gasteiger partial charge in [0.25, 0.3) is 0 Å². The molecule has 0 aliphatic heterocycles. The summed E-state index contributed by atoms with van der Waals surface area (Å²) in [4.78, 5) is 4.47. The van der Waals surface area contributed by atoms with Crippen LogP contribution in [0.2, 0.25) is 0 Å². The van der Waals surface area contributed by atoms with Crippen molar-refractivity contribution >= 4 is 11.9 Å². The van der Waals surface area contributed by atoms with Crippen LogP contribution in [0.5, 0.6) is 0 Å². The fourth-order valence-corrected chi connectivity index (χ4v) is 2.28. The summed E-state index contributed by atoms with van der Waals surface area (Å²) in [5.74, 6) is 0. The van der Waals surface area contributed by atoms with Gasteiger partial charge in [0.15, 0.2) is 0 Å². The summed E-state index contributed by atoms with van der Waals surface area (Å²) in [6.45, 7) is 12.0.